The lowest BCUT2D eigenvalue weighted by Crippen LogP contribution is -2.41. The lowest BCUT2D eigenvalue weighted by Gasteiger charge is -2.21. The first-order chi connectivity index (χ1) is 9.11. The van der Waals surface area contributed by atoms with E-state index in [2.05, 4.69) is 48.2 Å². The zero-order chi connectivity index (χ0) is 14.1. The van der Waals surface area contributed by atoms with Gasteiger partial charge >= 0.3 is 0 Å². The molecule has 0 aromatic heterocycles. The Labute approximate surface area is 142 Å². The summed E-state index contributed by atoms with van der Waals surface area (Å²) in [5.74, 6) is 2.24. The molecule has 0 aromatic rings. The Kier molecular flexibility index (Phi) is 11.6. The van der Waals surface area contributed by atoms with Crippen LogP contribution in [0.3, 0.4) is 0 Å². The monoisotopic (exact) mass is 396 g/mol. The third-order valence-electron chi connectivity index (χ3n) is 3.35. The van der Waals surface area contributed by atoms with Crippen molar-refractivity contribution in [2.75, 3.05) is 39.3 Å². The van der Waals surface area contributed by atoms with Crippen LogP contribution < -0.4 is 10.6 Å². The van der Waals surface area contributed by atoms with Gasteiger partial charge < -0.3 is 15.5 Å². The highest BCUT2D eigenvalue weighted by atomic mass is 127. The van der Waals surface area contributed by atoms with E-state index in [1.165, 1.54) is 32.5 Å². The molecule has 0 bridgehead atoms. The first-order valence-electron chi connectivity index (χ1n) is 7.86. The van der Waals surface area contributed by atoms with E-state index in [1.807, 2.05) is 0 Å². The number of halogens is 1. The van der Waals surface area contributed by atoms with Crippen LogP contribution in [0.1, 0.15) is 40.5 Å². The van der Waals surface area contributed by atoms with Crippen LogP contribution in [0.4, 0.5) is 0 Å². The molecule has 20 heavy (non-hydrogen) atoms. The van der Waals surface area contributed by atoms with Gasteiger partial charge in [-0.25, -0.2) is 0 Å². The molecule has 0 aromatic carbocycles. The summed E-state index contributed by atoms with van der Waals surface area (Å²) in [5, 5.41) is 6.77. The highest BCUT2D eigenvalue weighted by Crippen LogP contribution is 2.09. The predicted molar refractivity (Wildman–Crippen MR) is 99.1 cm³/mol. The molecule has 0 saturated carbocycles. The molecule has 1 aliphatic rings. The van der Waals surface area contributed by atoms with E-state index in [1.54, 1.807) is 0 Å². The summed E-state index contributed by atoms with van der Waals surface area (Å²) >= 11 is 0. The van der Waals surface area contributed by atoms with Gasteiger partial charge in [-0.05, 0) is 44.7 Å². The summed E-state index contributed by atoms with van der Waals surface area (Å²) in [6, 6.07) is 0. The number of hydrogen-bond donors (Lipinski definition) is 2. The van der Waals surface area contributed by atoms with E-state index >= 15 is 0 Å². The molecule has 1 unspecified atom stereocenters. The van der Waals surface area contributed by atoms with Crippen LogP contribution in [-0.2, 0) is 0 Å². The maximum Gasteiger partial charge on any atom is 0.191 e. The van der Waals surface area contributed by atoms with Gasteiger partial charge in [0.05, 0.1) is 0 Å². The highest BCUT2D eigenvalue weighted by molar-refractivity contribution is 14.0. The van der Waals surface area contributed by atoms with Crippen molar-refractivity contribution in [1.82, 2.24) is 15.5 Å². The summed E-state index contributed by atoms with van der Waals surface area (Å²) in [6.07, 6.45) is 2.75. The van der Waals surface area contributed by atoms with Crippen LogP contribution in [0.15, 0.2) is 4.99 Å². The molecule has 1 heterocycles. The van der Waals surface area contributed by atoms with Gasteiger partial charge in [0.2, 0.25) is 0 Å². The molecule has 1 atom stereocenters. The Hall–Kier alpha value is -0.0400. The minimum atomic E-state index is 0. The minimum absolute atomic E-state index is 0. The Morgan fingerprint density at radius 2 is 1.80 bits per heavy atom. The van der Waals surface area contributed by atoms with Crippen molar-refractivity contribution in [2.24, 2.45) is 16.8 Å². The summed E-state index contributed by atoms with van der Waals surface area (Å²) in [6.45, 7) is 15.4. The molecule has 0 amide bonds. The van der Waals surface area contributed by atoms with Gasteiger partial charge in [-0.3, -0.25) is 4.99 Å². The Balaban J connectivity index is 0.00000361. The molecule has 1 aliphatic heterocycles. The van der Waals surface area contributed by atoms with Gasteiger partial charge in [0, 0.05) is 26.2 Å². The van der Waals surface area contributed by atoms with Gasteiger partial charge in [-0.15, -0.1) is 24.0 Å². The van der Waals surface area contributed by atoms with E-state index in [0.717, 1.165) is 25.6 Å². The van der Waals surface area contributed by atoms with Gasteiger partial charge in [0.15, 0.2) is 5.96 Å². The van der Waals surface area contributed by atoms with Gasteiger partial charge in [-0.2, -0.15) is 0 Å². The fourth-order valence-electron chi connectivity index (χ4n) is 2.36. The molecule has 1 rings (SSSR count). The number of aliphatic imine (C=N–C) groups is 1. The van der Waals surface area contributed by atoms with Crippen LogP contribution in [0.5, 0.6) is 0 Å². The number of nitrogens with one attached hydrogen (secondary N) is 2. The second kappa shape index (κ2) is 11.6. The average molecular weight is 396 g/mol. The first kappa shape index (κ1) is 20.0. The molecule has 1 saturated heterocycles. The predicted octanol–water partition coefficient (Wildman–Crippen LogP) is 2.55. The quantitative estimate of drug-likeness (QED) is 0.395. The third kappa shape index (κ3) is 9.00. The standard InChI is InChI=1S/C15H32N4.HI/c1-5-16-15(17-10-13(2)3)18-11-14(4)12-19-8-6-7-9-19;/h13-14H,5-12H2,1-4H3,(H2,16,17,18);1H. The van der Waals surface area contributed by atoms with Crippen molar-refractivity contribution >= 4 is 29.9 Å². The second-order valence-electron chi connectivity index (χ2n) is 6.11. The molecule has 5 heteroatoms. The maximum absolute atomic E-state index is 4.60. The maximum atomic E-state index is 4.60. The fourth-order valence-corrected chi connectivity index (χ4v) is 2.36. The summed E-state index contributed by atoms with van der Waals surface area (Å²) in [7, 11) is 0. The molecule has 0 spiro atoms. The number of hydrogen-bond acceptors (Lipinski definition) is 2. The summed E-state index contributed by atoms with van der Waals surface area (Å²) in [4.78, 5) is 7.17. The smallest absolute Gasteiger partial charge is 0.191 e. The van der Waals surface area contributed by atoms with Gasteiger partial charge in [0.25, 0.3) is 0 Å². The molecule has 2 N–H and O–H groups in total. The molecule has 0 aliphatic carbocycles. The largest absolute Gasteiger partial charge is 0.357 e. The van der Waals surface area contributed by atoms with E-state index in [9.17, 15) is 0 Å². The molecular formula is C15H33IN4. The van der Waals surface area contributed by atoms with Crippen LogP contribution in [0.2, 0.25) is 0 Å². The fraction of sp³-hybridized carbons (Fsp3) is 0.933. The highest BCUT2D eigenvalue weighted by Gasteiger charge is 2.14. The van der Waals surface area contributed by atoms with Gasteiger partial charge in [0.1, 0.15) is 0 Å². The molecule has 0 radical (unpaired) electrons. The van der Waals surface area contributed by atoms with Crippen molar-refractivity contribution < 1.29 is 0 Å². The minimum Gasteiger partial charge on any atom is -0.357 e. The Morgan fingerprint density at radius 3 is 2.35 bits per heavy atom. The van der Waals surface area contributed by atoms with Crippen molar-refractivity contribution in [3.8, 4) is 0 Å². The third-order valence-corrected chi connectivity index (χ3v) is 3.35. The van der Waals surface area contributed by atoms with E-state index < -0.39 is 0 Å². The zero-order valence-electron chi connectivity index (χ0n) is 13.6. The molecule has 120 valence electrons. The van der Waals surface area contributed by atoms with E-state index in [4.69, 9.17) is 0 Å². The number of nitrogens with zero attached hydrogens (tertiary/aromatic N) is 2. The lowest BCUT2D eigenvalue weighted by atomic mass is 10.1. The van der Waals surface area contributed by atoms with E-state index in [-0.39, 0.29) is 24.0 Å². The molecular weight excluding hydrogens is 363 g/mol. The molecule has 4 nitrogen and oxygen atoms in total. The van der Waals surface area contributed by atoms with E-state index in [0.29, 0.717) is 11.8 Å². The first-order valence-corrected chi connectivity index (χ1v) is 7.86. The number of rotatable bonds is 7. The van der Waals surface area contributed by atoms with Crippen molar-refractivity contribution in [1.29, 1.82) is 0 Å². The summed E-state index contributed by atoms with van der Waals surface area (Å²) < 4.78 is 0. The van der Waals surface area contributed by atoms with Crippen LogP contribution in [0, 0.1) is 11.8 Å². The normalized spacial score (nSPS) is 17.9. The SMILES string of the molecule is CCNC(=NCC(C)C)NCC(C)CN1CCCC1.I. The van der Waals surface area contributed by atoms with Crippen molar-refractivity contribution in [3.05, 3.63) is 0 Å². The van der Waals surface area contributed by atoms with Crippen LogP contribution in [-0.4, -0.2) is 50.1 Å². The Morgan fingerprint density at radius 1 is 1.15 bits per heavy atom. The second-order valence-corrected chi connectivity index (χ2v) is 6.11. The number of guanidine groups is 1. The van der Waals surface area contributed by atoms with Crippen LogP contribution >= 0.6 is 24.0 Å². The van der Waals surface area contributed by atoms with Crippen LogP contribution in [0.25, 0.3) is 0 Å². The lowest BCUT2D eigenvalue weighted by molar-refractivity contribution is 0.287. The molecule has 1 fully saturated rings. The van der Waals surface area contributed by atoms with Crippen molar-refractivity contribution in [2.45, 2.75) is 40.5 Å². The summed E-state index contributed by atoms with van der Waals surface area (Å²) in [5.41, 5.74) is 0. The Bertz CT molecular complexity index is 263. The average Bonchev–Trinajstić information content (AvgIpc) is 2.85. The topological polar surface area (TPSA) is 39.7 Å². The number of likely N-dealkylation sites (tertiary alicyclic amines) is 1. The zero-order valence-corrected chi connectivity index (χ0v) is 15.9. The van der Waals surface area contributed by atoms with Crippen molar-refractivity contribution in [3.63, 3.8) is 0 Å². The van der Waals surface area contributed by atoms with Gasteiger partial charge in [-0.1, -0.05) is 20.8 Å².